The zero-order valence-corrected chi connectivity index (χ0v) is 13.5. The molecule has 124 valence electrons. The molecule has 0 bridgehead atoms. The normalized spacial score (nSPS) is 25.0. The molecule has 1 amide bonds. The molecule has 23 heavy (non-hydrogen) atoms. The molecule has 3 aliphatic rings. The number of fused-ring (bicyclic) bond motifs is 3. The number of nitrogens with zero attached hydrogens (tertiary/aromatic N) is 2. The van der Waals surface area contributed by atoms with Gasteiger partial charge in [0.05, 0.1) is 29.5 Å². The third-order valence-corrected chi connectivity index (χ3v) is 6.59. The fourth-order valence-corrected chi connectivity index (χ4v) is 4.94. The standard InChI is InChI=1S/C15H19N3O4S/c19-15-14-2-1-5-18(14)13-4-3-11(10-12(13)16-15)23(20,21)17-6-8-22-9-7-17/h3-4,10,14H,1-2,5-9H2,(H,16,19). The third kappa shape index (κ3) is 2.41. The minimum Gasteiger partial charge on any atom is -0.379 e. The van der Waals surface area contributed by atoms with E-state index in [1.165, 1.54) is 4.31 Å². The van der Waals surface area contributed by atoms with E-state index in [2.05, 4.69) is 10.2 Å². The van der Waals surface area contributed by atoms with Crippen molar-refractivity contribution in [2.24, 2.45) is 0 Å². The van der Waals surface area contributed by atoms with Gasteiger partial charge in [0.2, 0.25) is 15.9 Å². The molecule has 0 spiro atoms. The second-order valence-corrected chi connectivity index (χ2v) is 7.97. The summed E-state index contributed by atoms with van der Waals surface area (Å²) in [5.41, 5.74) is 1.50. The second-order valence-electron chi connectivity index (χ2n) is 6.04. The number of ether oxygens (including phenoxy) is 1. The van der Waals surface area contributed by atoms with Crippen molar-refractivity contribution in [2.75, 3.05) is 43.1 Å². The molecule has 4 rings (SSSR count). The number of hydrogen-bond acceptors (Lipinski definition) is 5. The number of carbonyl (C=O) groups is 1. The van der Waals surface area contributed by atoms with Crippen LogP contribution >= 0.6 is 0 Å². The molecular formula is C15H19N3O4S. The smallest absolute Gasteiger partial charge is 0.247 e. The van der Waals surface area contributed by atoms with Gasteiger partial charge in [-0.2, -0.15) is 4.31 Å². The molecule has 1 aromatic rings. The summed E-state index contributed by atoms with van der Waals surface area (Å²) in [7, 11) is -3.55. The minimum atomic E-state index is -3.55. The summed E-state index contributed by atoms with van der Waals surface area (Å²) in [4.78, 5) is 14.5. The Morgan fingerprint density at radius 1 is 1.17 bits per heavy atom. The van der Waals surface area contributed by atoms with E-state index in [1.54, 1.807) is 18.2 Å². The number of morpholine rings is 1. The Labute approximate surface area is 135 Å². The van der Waals surface area contributed by atoms with Crippen molar-refractivity contribution in [3.63, 3.8) is 0 Å². The lowest BCUT2D eigenvalue weighted by molar-refractivity contribution is -0.117. The van der Waals surface area contributed by atoms with Crippen LogP contribution < -0.4 is 10.2 Å². The second kappa shape index (κ2) is 5.47. The summed E-state index contributed by atoms with van der Waals surface area (Å²) in [6.07, 6.45) is 1.82. The monoisotopic (exact) mass is 337 g/mol. The summed E-state index contributed by atoms with van der Waals surface area (Å²) in [5.74, 6) is -0.0454. The van der Waals surface area contributed by atoms with Gasteiger partial charge in [0.15, 0.2) is 0 Å². The first kappa shape index (κ1) is 14.9. The van der Waals surface area contributed by atoms with Crippen molar-refractivity contribution in [3.05, 3.63) is 18.2 Å². The maximum atomic E-state index is 12.7. The molecule has 0 saturated carbocycles. The largest absolute Gasteiger partial charge is 0.379 e. The molecule has 1 N–H and O–H groups in total. The van der Waals surface area contributed by atoms with Crippen LogP contribution in [0.4, 0.5) is 11.4 Å². The van der Waals surface area contributed by atoms with E-state index in [0.717, 1.165) is 25.1 Å². The van der Waals surface area contributed by atoms with Crippen molar-refractivity contribution in [3.8, 4) is 0 Å². The highest BCUT2D eigenvalue weighted by atomic mass is 32.2. The predicted molar refractivity (Wildman–Crippen MR) is 85.0 cm³/mol. The van der Waals surface area contributed by atoms with E-state index in [9.17, 15) is 13.2 Å². The molecule has 2 fully saturated rings. The van der Waals surface area contributed by atoms with Gasteiger partial charge in [-0.1, -0.05) is 0 Å². The highest BCUT2D eigenvalue weighted by molar-refractivity contribution is 7.89. The van der Waals surface area contributed by atoms with Crippen LogP contribution in [0.1, 0.15) is 12.8 Å². The number of nitrogens with one attached hydrogen (secondary N) is 1. The zero-order chi connectivity index (χ0) is 16.0. The Balaban J connectivity index is 1.70. The van der Waals surface area contributed by atoms with Crippen molar-refractivity contribution in [1.29, 1.82) is 0 Å². The minimum absolute atomic E-state index is 0.0454. The molecule has 0 aromatic heterocycles. The highest BCUT2D eigenvalue weighted by Gasteiger charge is 2.37. The lowest BCUT2D eigenvalue weighted by Crippen LogP contribution is -2.44. The average Bonchev–Trinajstić information content (AvgIpc) is 3.06. The number of amides is 1. The molecule has 3 aliphatic heterocycles. The van der Waals surface area contributed by atoms with E-state index in [1.807, 2.05) is 0 Å². The van der Waals surface area contributed by atoms with Gasteiger partial charge in [-0.15, -0.1) is 0 Å². The predicted octanol–water partition coefficient (Wildman–Crippen LogP) is 0.628. The van der Waals surface area contributed by atoms with Crippen LogP contribution in [-0.2, 0) is 19.6 Å². The van der Waals surface area contributed by atoms with Crippen molar-refractivity contribution in [1.82, 2.24) is 4.31 Å². The van der Waals surface area contributed by atoms with Crippen LogP contribution in [0.15, 0.2) is 23.1 Å². The van der Waals surface area contributed by atoms with E-state index < -0.39 is 10.0 Å². The molecule has 1 atom stereocenters. The quantitative estimate of drug-likeness (QED) is 0.856. The Bertz CT molecular complexity index is 743. The molecule has 1 unspecified atom stereocenters. The van der Waals surface area contributed by atoms with Gasteiger partial charge in [0.25, 0.3) is 0 Å². The third-order valence-electron chi connectivity index (χ3n) is 4.70. The van der Waals surface area contributed by atoms with Gasteiger partial charge in [0.1, 0.15) is 6.04 Å². The average molecular weight is 337 g/mol. The van der Waals surface area contributed by atoms with Gasteiger partial charge >= 0.3 is 0 Å². The summed E-state index contributed by atoms with van der Waals surface area (Å²) in [6, 6.07) is 4.90. The maximum Gasteiger partial charge on any atom is 0.247 e. The fraction of sp³-hybridized carbons (Fsp3) is 0.533. The Morgan fingerprint density at radius 2 is 1.96 bits per heavy atom. The Hall–Kier alpha value is -1.64. The van der Waals surface area contributed by atoms with Crippen LogP contribution in [0.2, 0.25) is 0 Å². The summed E-state index contributed by atoms with van der Waals surface area (Å²) < 4.78 is 32.1. The maximum absolute atomic E-state index is 12.7. The molecule has 8 heteroatoms. The van der Waals surface area contributed by atoms with Gasteiger partial charge in [-0.3, -0.25) is 4.79 Å². The topological polar surface area (TPSA) is 79.0 Å². The van der Waals surface area contributed by atoms with E-state index in [4.69, 9.17) is 4.74 Å². The first-order valence-electron chi connectivity index (χ1n) is 7.87. The number of sulfonamides is 1. The highest BCUT2D eigenvalue weighted by Crippen LogP contribution is 2.38. The van der Waals surface area contributed by atoms with Crippen LogP contribution in [0.25, 0.3) is 0 Å². The van der Waals surface area contributed by atoms with Crippen molar-refractivity contribution in [2.45, 2.75) is 23.8 Å². The molecule has 0 radical (unpaired) electrons. The Kier molecular flexibility index (Phi) is 3.55. The Morgan fingerprint density at radius 3 is 2.74 bits per heavy atom. The van der Waals surface area contributed by atoms with E-state index in [0.29, 0.717) is 32.0 Å². The molecule has 0 aliphatic carbocycles. The lowest BCUT2D eigenvalue weighted by Gasteiger charge is -2.33. The molecule has 7 nitrogen and oxygen atoms in total. The van der Waals surface area contributed by atoms with Gasteiger partial charge in [0, 0.05) is 19.6 Å². The summed E-state index contributed by atoms with van der Waals surface area (Å²) >= 11 is 0. The van der Waals surface area contributed by atoms with Gasteiger partial charge in [-0.05, 0) is 31.0 Å². The van der Waals surface area contributed by atoms with Crippen LogP contribution in [0.5, 0.6) is 0 Å². The summed E-state index contributed by atoms with van der Waals surface area (Å²) in [6.45, 7) is 2.38. The number of benzene rings is 1. The number of anilines is 2. The first-order valence-corrected chi connectivity index (χ1v) is 9.31. The van der Waals surface area contributed by atoms with Gasteiger partial charge in [-0.25, -0.2) is 8.42 Å². The van der Waals surface area contributed by atoms with E-state index >= 15 is 0 Å². The fourth-order valence-electron chi connectivity index (χ4n) is 3.51. The van der Waals surface area contributed by atoms with Crippen molar-refractivity contribution >= 4 is 27.3 Å². The number of hydrogen-bond donors (Lipinski definition) is 1. The lowest BCUT2D eigenvalue weighted by atomic mass is 10.1. The molecule has 3 heterocycles. The van der Waals surface area contributed by atoms with Gasteiger partial charge < -0.3 is 15.0 Å². The number of carbonyl (C=O) groups excluding carboxylic acids is 1. The van der Waals surface area contributed by atoms with E-state index in [-0.39, 0.29) is 16.8 Å². The molecular weight excluding hydrogens is 318 g/mol. The van der Waals surface area contributed by atoms with Crippen LogP contribution in [-0.4, -0.2) is 57.5 Å². The first-order chi connectivity index (χ1) is 11.1. The zero-order valence-electron chi connectivity index (χ0n) is 12.7. The van der Waals surface area contributed by atoms with Crippen LogP contribution in [0.3, 0.4) is 0 Å². The number of rotatable bonds is 2. The molecule has 1 aromatic carbocycles. The SMILES string of the molecule is O=C1Nc2cc(S(=O)(=O)N3CCOCC3)ccc2N2CCCC12. The summed E-state index contributed by atoms with van der Waals surface area (Å²) in [5, 5.41) is 2.86. The van der Waals surface area contributed by atoms with Crippen LogP contribution in [0, 0.1) is 0 Å². The van der Waals surface area contributed by atoms with Crippen molar-refractivity contribution < 1.29 is 17.9 Å². The molecule has 2 saturated heterocycles.